The van der Waals surface area contributed by atoms with Gasteiger partial charge in [0, 0.05) is 17.5 Å². The molecule has 0 radical (unpaired) electrons. The van der Waals surface area contributed by atoms with Crippen LogP contribution >= 0.6 is 0 Å². The molecule has 0 unspecified atom stereocenters. The van der Waals surface area contributed by atoms with Gasteiger partial charge in [0.25, 0.3) is 5.91 Å². The van der Waals surface area contributed by atoms with Gasteiger partial charge in [-0.05, 0) is 32.8 Å². The normalized spacial score (nSPS) is 15.4. The van der Waals surface area contributed by atoms with Crippen LogP contribution in [0.1, 0.15) is 56.4 Å². The highest BCUT2D eigenvalue weighted by atomic mass is 19.4. The summed E-state index contributed by atoms with van der Waals surface area (Å²) < 4.78 is 101. The van der Waals surface area contributed by atoms with Crippen LogP contribution in [0.5, 0.6) is 0 Å². The number of furan rings is 2. The van der Waals surface area contributed by atoms with E-state index in [1.807, 2.05) is 0 Å². The van der Waals surface area contributed by atoms with Crippen molar-refractivity contribution >= 4 is 23.4 Å². The van der Waals surface area contributed by atoms with Gasteiger partial charge in [0.1, 0.15) is 11.5 Å². The molecule has 3 N–H and O–H groups in total. The third-order valence-electron chi connectivity index (χ3n) is 5.25. The first-order valence-electron chi connectivity index (χ1n) is 10.1. The first kappa shape index (κ1) is 26.7. The van der Waals surface area contributed by atoms with Gasteiger partial charge in [0.2, 0.25) is 0 Å². The van der Waals surface area contributed by atoms with E-state index in [2.05, 4.69) is 16.0 Å². The van der Waals surface area contributed by atoms with Gasteiger partial charge in [0.05, 0.1) is 17.5 Å². The Hall–Kier alpha value is -3.85. The van der Waals surface area contributed by atoms with Crippen LogP contribution in [-0.2, 0) is 11.2 Å². The van der Waals surface area contributed by atoms with Crippen molar-refractivity contribution in [1.82, 2.24) is 16.3 Å². The number of hydrazine groups is 1. The number of fused-ring (bicyclic) bond motifs is 1. The molecule has 0 atom stereocenters. The van der Waals surface area contributed by atoms with E-state index in [0.29, 0.717) is 0 Å². The number of rotatable bonds is 5. The fourth-order valence-corrected chi connectivity index (χ4v) is 3.36. The highest BCUT2D eigenvalue weighted by Gasteiger charge is 2.76. The molecule has 9 nitrogen and oxygen atoms in total. The van der Waals surface area contributed by atoms with Gasteiger partial charge in [-0.25, -0.2) is 5.43 Å². The summed E-state index contributed by atoms with van der Waals surface area (Å²) in [4.78, 5) is 36.1. The quantitative estimate of drug-likeness (QED) is 0.406. The molecule has 0 spiro atoms. The Kier molecular flexibility index (Phi) is 6.92. The number of nitrogens with one attached hydrogen (secondary N) is 3. The molecule has 3 amide bonds. The van der Waals surface area contributed by atoms with Gasteiger partial charge < -0.3 is 8.83 Å². The van der Waals surface area contributed by atoms with Crippen molar-refractivity contribution in [2.45, 2.75) is 51.1 Å². The van der Waals surface area contributed by atoms with E-state index in [1.54, 1.807) is 0 Å². The fraction of sp³-hybridized carbons (Fsp3) is 0.400. The summed E-state index contributed by atoms with van der Waals surface area (Å²) in [6.45, 7) is 2.87. The Morgan fingerprint density at radius 2 is 1.61 bits per heavy atom. The highest BCUT2D eigenvalue weighted by molar-refractivity contribution is 6.07. The number of amides is 3. The van der Waals surface area contributed by atoms with E-state index >= 15 is 0 Å². The lowest BCUT2D eigenvalue weighted by Gasteiger charge is -2.26. The monoisotopic (exact) mass is 526 g/mol. The minimum absolute atomic E-state index is 0.00749. The summed E-state index contributed by atoms with van der Waals surface area (Å²) in [5, 5.41) is 3.30. The molecule has 0 aliphatic heterocycles. The number of carbonyl (C=O) groups excluding carboxylic acids is 3. The van der Waals surface area contributed by atoms with Crippen molar-refractivity contribution < 1.29 is 54.0 Å². The zero-order valence-corrected chi connectivity index (χ0v) is 18.4. The van der Waals surface area contributed by atoms with E-state index < -0.39 is 35.7 Å². The zero-order valence-electron chi connectivity index (χ0n) is 18.4. The molecule has 3 rings (SSSR count). The molecule has 2 aromatic heterocycles. The number of hydrazone groups is 1. The Bertz CT molecular complexity index is 1230. The Morgan fingerprint density at radius 1 is 0.972 bits per heavy atom. The Balaban J connectivity index is 1.78. The molecule has 2 aromatic rings. The van der Waals surface area contributed by atoms with Crippen molar-refractivity contribution in [2.75, 3.05) is 0 Å². The first-order valence-corrected chi connectivity index (χ1v) is 10.1. The van der Waals surface area contributed by atoms with Crippen LogP contribution in [0.4, 0.5) is 30.7 Å². The predicted molar refractivity (Wildman–Crippen MR) is 105 cm³/mol. The molecule has 16 heteroatoms. The van der Waals surface area contributed by atoms with Crippen molar-refractivity contribution in [3.63, 3.8) is 0 Å². The zero-order chi connectivity index (χ0) is 27.1. The Labute approximate surface area is 197 Å². The second-order valence-electron chi connectivity index (χ2n) is 7.65. The molecular weight excluding hydrogens is 509 g/mol. The Morgan fingerprint density at radius 3 is 2.19 bits per heavy atom. The van der Waals surface area contributed by atoms with Crippen molar-refractivity contribution in [2.24, 2.45) is 5.10 Å². The maximum absolute atomic E-state index is 13.5. The number of alkyl halides is 7. The molecule has 196 valence electrons. The van der Waals surface area contributed by atoms with E-state index in [-0.39, 0.29) is 58.9 Å². The highest BCUT2D eigenvalue weighted by Crippen LogP contribution is 2.46. The summed E-state index contributed by atoms with van der Waals surface area (Å²) in [5.41, 5.74) is 5.42. The van der Waals surface area contributed by atoms with Crippen LogP contribution in [-0.4, -0.2) is 41.5 Å². The lowest BCUT2D eigenvalue weighted by molar-refractivity contribution is -0.344. The molecule has 0 fully saturated rings. The van der Waals surface area contributed by atoms with Crippen molar-refractivity contribution in [1.29, 1.82) is 0 Å². The van der Waals surface area contributed by atoms with Crippen LogP contribution in [0.2, 0.25) is 0 Å². The van der Waals surface area contributed by atoms with Gasteiger partial charge in [-0.15, -0.1) is 0 Å². The minimum atomic E-state index is -6.69. The van der Waals surface area contributed by atoms with Gasteiger partial charge in [-0.2, -0.15) is 35.8 Å². The van der Waals surface area contributed by atoms with E-state index in [9.17, 15) is 45.1 Å². The van der Waals surface area contributed by atoms with Gasteiger partial charge in [0.15, 0.2) is 5.76 Å². The van der Waals surface area contributed by atoms with Gasteiger partial charge in [-0.3, -0.25) is 25.2 Å². The average Bonchev–Trinajstić information content (AvgIpc) is 3.38. The SMILES string of the molecule is Cc1occc1C(=O)NNC(=O)c1oc2c(c1C)/C(=N/NC(=O)C(F)(F)C(F)(F)C(F)(F)F)CCC2. The van der Waals surface area contributed by atoms with E-state index in [1.165, 1.54) is 26.2 Å². The van der Waals surface area contributed by atoms with Crippen LogP contribution in [0, 0.1) is 13.8 Å². The predicted octanol–water partition coefficient (Wildman–Crippen LogP) is 3.55. The lowest BCUT2D eigenvalue weighted by atomic mass is 9.93. The minimum Gasteiger partial charge on any atom is -0.469 e. The van der Waals surface area contributed by atoms with Crippen LogP contribution in [0.25, 0.3) is 0 Å². The maximum atomic E-state index is 13.5. The number of hydrogen-bond acceptors (Lipinski definition) is 6. The van der Waals surface area contributed by atoms with Crippen molar-refractivity contribution in [3.8, 4) is 0 Å². The molecular formula is C20H17F7N4O5. The number of hydrogen-bond donors (Lipinski definition) is 3. The molecule has 0 bridgehead atoms. The van der Waals surface area contributed by atoms with Crippen LogP contribution < -0.4 is 16.3 Å². The molecule has 1 aliphatic carbocycles. The summed E-state index contributed by atoms with van der Waals surface area (Å²) in [6, 6.07) is 1.36. The number of carbonyl (C=O) groups is 3. The molecule has 1 aliphatic rings. The van der Waals surface area contributed by atoms with Crippen LogP contribution in [0.15, 0.2) is 26.3 Å². The van der Waals surface area contributed by atoms with Gasteiger partial charge in [-0.1, -0.05) is 0 Å². The standard InChI is InChI=1S/C20H17F7N4O5/c1-8-13-11(28-31-17(34)18(21,22)19(23,24)20(25,26)27)4-3-5-12(13)36-14(8)16(33)30-29-15(32)10-6-7-35-9(10)2/h6-7H,3-5H2,1-2H3,(H,29,32)(H,30,33)(H,31,34)/b28-11+. The molecule has 0 aromatic carbocycles. The molecule has 2 heterocycles. The molecule has 0 saturated carbocycles. The fourth-order valence-electron chi connectivity index (χ4n) is 3.36. The lowest BCUT2D eigenvalue weighted by Crippen LogP contribution is -2.58. The third kappa shape index (κ3) is 4.66. The topological polar surface area (TPSA) is 126 Å². The summed E-state index contributed by atoms with van der Waals surface area (Å²) in [7, 11) is 0. The van der Waals surface area contributed by atoms with E-state index in [0.717, 1.165) is 5.43 Å². The van der Waals surface area contributed by atoms with Crippen molar-refractivity contribution in [3.05, 3.63) is 46.3 Å². The summed E-state index contributed by atoms with van der Waals surface area (Å²) in [6.07, 6.45) is -4.93. The second-order valence-corrected chi connectivity index (χ2v) is 7.65. The molecule has 36 heavy (non-hydrogen) atoms. The van der Waals surface area contributed by atoms with E-state index in [4.69, 9.17) is 8.83 Å². The largest absolute Gasteiger partial charge is 0.469 e. The smallest absolute Gasteiger partial charge is 0.460 e. The summed E-state index contributed by atoms with van der Waals surface area (Å²) in [5.74, 6) is -17.3. The average molecular weight is 526 g/mol. The third-order valence-corrected chi connectivity index (χ3v) is 5.25. The first-order chi connectivity index (χ1) is 16.6. The van der Waals surface area contributed by atoms with Crippen LogP contribution in [0.3, 0.4) is 0 Å². The number of nitrogens with zero attached hydrogens (tertiary/aromatic N) is 1. The van der Waals surface area contributed by atoms with Gasteiger partial charge >= 0.3 is 29.8 Å². The number of aryl methyl sites for hydroxylation is 2. The summed E-state index contributed by atoms with van der Waals surface area (Å²) >= 11 is 0. The number of halogens is 7. The molecule has 0 saturated heterocycles. The maximum Gasteiger partial charge on any atom is 0.460 e. The second kappa shape index (κ2) is 9.31.